The molecule has 0 aromatic heterocycles. The number of hydrogen-bond donors (Lipinski definition) is 0. The zero-order chi connectivity index (χ0) is 4.00. The van der Waals surface area contributed by atoms with Gasteiger partial charge in [0.05, 0.1) is 0 Å². The quantitative estimate of drug-likeness (QED) is 0.279. The van der Waals surface area contributed by atoms with E-state index in [4.69, 9.17) is 9.59 Å². The van der Waals surface area contributed by atoms with Crippen molar-refractivity contribution in [1.82, 2.24) is 0 Å². The van der Waals surface area contributed by atoms with Gasteiger partial charge in [-0.2, -0.15) is 0 Å². The van der Waals surface area contributed by atoms with Crippen LogP contribution in [-0.2, 0) is 26.7 Å². The van der Waals surface area contributed by atoms with Crippen molar-refractivity contribution in [1.29, 1.82) is 0 Å². The Kier molecular flexibility index (Phi) is 68200. The Labute approximate surface area is 55.8 Å². The van der Waals surface area contributed by atoms with Gasteiger partial charge in [-0.05, 0) is 0 Å². The molecule has 0 atom stereocenters. The fourth-order valence-electron chi connectivity index (χ4n) is 0. The van der Waals surface area contributed by atoms with E-state index < -0.39 is 0 Å². The summed E-state index contributed by atoms with van der Waals surface area (Å²) in [6.07, 6.45) is 0. The molecule has 43 valence electrons. The molecule has 3 heteroatoms. The van der Waals surface area contributed by atoms with E-state index in [1.54, 1.807) is 0 Å². The molecule has 7 heavy (non-hydrogen) atoms. The first kappa shape index (κ1) is 68.1. The second-order valence-corrected chi connectivity index (χ2v) is 0. The van der Waals surface area contributed by atoms with E-state index in [1.165, 1.54) is 0 Å². The zero-order valence-electron chi connectivity index (χ0n) is 4.32. The molecule has 0 fully saturated rings. The minimum atomic E-state index is 0. The van der Waals surface area contributed by atoms with Gasteiger partial charge in [-0.15, -0.1) is 0 Å². The summed E-state index contributed by atoms with van der Waals surface area (Å²) in [6.45, 7) is 6.50. The summed E-state index contributed by atoms with van der Waals surface area (Å²) in [6, 6.07) is 0. The van der Waals surface area contributed by atoms with Gasteiger partial charge in [0.1, 0.15) is 0 Å². The third-order valence-corrected chi connectivity index (χ3v) is 0. The maximum absolute atomic E-state index is 7.75. The molecule has 2 nitrogen and oxygen atoms in total. The molecule has 0 unspecified atom stereocenters. The summed E-state index contributed by atoms with van der Waals surface area (Å²) >= 11 is 0. The largest absolute Gasteiger partial charge is 5.00 e. The SMILES string of the molecule is [CH-]=O.[CH-]=O.[CH3-].[CH3-].[Fe+5]. The smallest absolute Gasteiger partial charge is 0.545 e. The number of carbonyl (C=O) groups excluding carboxylic acids is 2. The monoisotopic (exact) mass is 144 g/mol. The van der Waals surface area contributed by atoms with Crippen LogP contribution in [0.4, 0.5) is 0 Å². The van der Waals surface area contributed by atoms with Crippen molar-refractivity contribution in [2.45, 2.75) is 0 Å². The maximum Gasteiger partial charge on any atom is 5.00 e. The van der Waals surface area contributed by atoms with E-state index in [1.807, 2.05) is 0 Å². The normalized spacial score (nSPS) is 1.14. The molecular weight excluding hydrogens is 136 g/mol. The molecule has 0 aromatic rings. The van der Waals surface area contributed by atoms with Gasteiger partial charge >= 0.3 is 17.1 Å². The standard InChI is InChI=1S/2CHO.2CH3.Fe/c2*1-2;;;/h2*1H;2*1H3;/q4*-1;+5. The molecule has 0 aromatic carbocycles. The van der Waals surface area contributed by atoms with E-state index in [2.05, 4.69) is 13.6 Å². The molecule has 0 spiro atoms. The first-order valence-corrected chi connectivity index (χ1v) is 0.471. The van der Waals surface area contributed by atoms with Gasteiger partial charge in [0, 0.05) is 0 Å². The Hall–Kier alpha value is -0.141. The number of hydrogen-bond acceptors (Lipinski definition) is 2. The predicted molar refractivity (Wildman–Crippen MR) is 26.3 cm³/mol. The first-order chi connectivity index (χ1) is 2.00. The van der Waals surface area contributed by atoms with E-state index in [0.717, 1.165) is 0 Å². The second-order valence-electron chi connectivity index (χ2n) is 0. The van der Waals surface area contributed by atoms with Crippen LogP contribution in [-0.4, -0.2) is 13.6 Å². The summed E-state index contributed by atoms with van der Waals surface area (Å²) in [4.78, 5) is 15.5. The van der Waals surface area contributed by atoms with Crippen LogP contribution in [0.25, 0.3) is 0 Å². The molecule has 0 N–H and O–H groups in total. The van der Waals surface area contributed by atoms with Crippen molar-refractivity contribution in [3.63, 3.8) is 0 Å². The minimum Gasteiger partial charge on any atom is -0.545 e. The van der Waals surface area contributed by atoms with Gasteiger partial charge in [-0.3, -0.25) is 13.6 Å². The van der Waals surface area contributed by atoms with Crippen LogP contribution in [0, 0.1) is 14.9 Å². The van der Waals surface area contributed by atoms with Crippen molar-refractivity contribution >= 4 is 13.6 Å². The van der Waals surface area contributed by atoms with Gasteiger partial charge in [0.25, 0.3) is 0 Å². The second kappa shape index (κ2) is 7010. The van der Waals surface area contributed by atoms with Crippen LogP contribution >= 0.6 is 0 Å². The zero-order valence-corrected chi connectivity index (χ0v) is 5.43. The van der Waals surface area contributed by atoms with Crippen molar-refractivity contribution in [3.05, 3.63) is 14.9 Å². The molecular formula is C4H8FeO2+. The van der Waals surface area contributed by atoms with Crippen LogP contribution in [0.5, 0.6) is 0 Å². The summed E-state index contributed by atoms with van der Waals surface area (Å²) < 4.78 is 0. The Morgan fingerprint density at radius 1 is 0.714 bits per heavy atom. The van der Waals surface area contributed by atoms with Gasteiger partial charge < -0.3 is 24.4 Å². The number of rotatable bonds is 0. The maximum atomic E-state index is 7.75. The topological polar surface area (TPSA) is 34.1 Å². The predicted octanol–water partition coefficient (Wildman–Crippen LogP) is 0.350. The summed E-state index contributed by atoms with van der Waals surface area (Å²) in [5, 5.41) is 0. The van der Waals surface area contributed by atoms with E-state index in [0.29, 0.717) is 0 Å². The Bertz CT molecular complexity index is 11.7. The van der Waals surface area contributed by atoms with E-state index in [9.17, 15) is 0 Å². The van der Waals surface area contributed by atoms with Crippen molar-refractivity contribution in [3.8, 4) is 0 Å². The molecule has 0 aliphatic rings. The third kappa shape index (κ3) is 4420. The van der Waals surface area contributed by atoms with E-state index >= 15 is 0 Å². The molecule has 0 saturated carbocycles. The fourth-order valence-corrected chi connectivity index (χ4v) is 0. The average molecular weight is 144 g/mol. The average Bonchev–Trinajstić information content (AvgIpc) is 1.50. The summed E-state index contributed by atoms with van der Waals surface area (Å²) in [5.74, 6) is 0. The molecule has 0 rings (SSSR count). The molecule has 0 heterocycles. The van der Waals surface area contributed by atoms with Gasteiger partial charge in [-0.25, -0.2) is 0 Å². The van der Waals surface area contributed by atoms with Gasteiger partial charge in [0.2, 0.25) is 0 Å². The fraction of sp³-hybridized carbons (Fsp3) is 0. The Morgan fingerprint density at radius 3 is 0.714 bits per heavy atom. The molecule has 0 amide bonds. The molecule has 0 bridgehead atoms. The van der Waals surface area contributed by atoms with E-state index in [-0.39, 0.29) is 31.9 Å². The van der Waals surface area contributed by atoms with Crippen molar-refractivity contribution < 1.29 is 26.7 Å². The van der Waals surface area contributed by atoms with Crippen molar-refractivity contribution in [2.24, 2.45) is 0 Å². The Balaban J connectivity index is -0.00000000267. The van der Waals surface area contributed by atoms with Gasteiger partial charge in [-0.1, -0.05) is 0 Å². The Morgan fingerprint density at radius 2 is 0.714 bits per heavy atom. The third-order valence-electron chi connectivity index (χ3n) is 0. The van der Waals surface area contributed by atoms with Crippen LogP contribution in [0.1, 0.15) is 0 Å². The minimum absolute atomic E-state index is 0. The van der Waals surface area contributed by atoms with Crippen LogP contribution in [0.15, 0.2) is 0 Å². The van der Waals surface area contributed by atoms with Crippen LogP contribution in [0.3, 0.4) is 0 Å². The summed E-state index contributed by atoms with van der Waals surface area (Å²) in [7, 11) is 0. The molecule has 0 aliphatic heterocycles. The first-order valence-electron chi connectivity index (χ1n) is 0.471. The molecule has 0 saturated heterocycles. The molecule has 1 radical (unpaired) electrons. The van der Waals surface area contributed by atoms with Crippen LogP contribution in [0.2, 0.25) is 0 Å². The molecule has 0 aliphatic carbocycles. The van der Waals surface area contributed by atoms with Gasteiger partial charge in [0.15, 0.2) is 0 Å². The summed E-state index contributed by atoms with van der Waals surface area (Å²) in [5.41, 5.74) is 0. The van der Waals surface area contributed by atoms with Crippen molar-refractivity contribution in [2.75, 3.05) is 0 Å². The van der Waals surface area contributed by atoms with Crippen LogP contribution < -0.4 is 0 Å².